The van der Waals surface area contributed by atoms with E-state index in [2.05, 4.69) is 0 Å². The second-order valence-electron chi connectivity index (χ2n) is 4.22. The highest BCUT2D eigenvalue weighted by molar-refractivity contribution is 5.52. The first-order chi connectivity index (χ1) is 8.24. The van der Waals surface area contributed by atoms with E-state index in [9.17, 15) is 8.78 Å². The topological polar surface area (TPSA) is 3.24 Å². The van der Waals surface area contributed by atoms with Gasteiger partial charge < -0.3 is 4.90 Å². The molecule has 0 fully saturated rings. The highest BCUT2D eigenvalue weighted by atomic mass is 19.1. The third-order valence-corrected chi connectivity index (χ3v) is 3.09. The minimum Gasteiger partial charge on any atom is -0.360 e. The zero-order chi connectivity index (χ0) is 11.8. The van der Waals surface area contributed by atoms with Gasteiger partial charge >= 0.3 is 0 Å². The Kier molecular flexibility index (Phi) is 2.32. The lowest BCUT2D eigenvalue weighted by molar-refractivity contribution is 0.594. The van der Waals surface area contributed by atoms with Gasteiger partial charge in [-0.1, -0.05) is 24.3 Å². The van der Waals surface area contributed by atoms with Gasteiger partial charge in [-0.2, -0.15) is 0 Å². The van der Waals surface area contributed by atoms with Gasteiger partial charge in [-0.05, 0) is 23.3 Å². The van der Waals surface area contributed by atoms with Crippen molar-refractivity contribution in [1.82, 2.24) is 0 Å². The van der Waals surface area contributed by atoms with Crippen molar-refractivity contribution in [2.24, 2.45) is 0 Å². The second-order valence-corrected chi connectivity index (χ2v) is 4.22. The van der Waals surface area contributed by atoms with E-state index < -0.39 is 5.82 Å². The minimum absolute atomic E-state index is 0.334. The molecule has 17 heavy (non-hydrogen) atoms. The molecule has 2 aromatic carbocycles. The summed E-state index contributed by atoms with van der Waals surface area (Å²) >= 11 is 0. The highest BCUT2D eigenvalue weighted by Crippen LogP contribution is 2.30. The maximum Gasteiger partial charge on any atom is 0.146 e. The van der Waals surface area contributed by atoms with Crippen LogP contribution in [0.5, 0.6) is 0 Å². The summed E-state index contributed by atoms with van der Waals surface area (Å²) in [6.45, 7) is 1.27. The fraction of sp³-hybridized carbons (Fsp3) is 0.143. The predicted molar refractivity (Wildman–Crippen MR) is 62.7 cm³/mol. The number of anilines is 1. The molecule has 0 unspecified atom stereocenters. The van der Waals surface area contributed by atoms with Crippen LogP contribution in [0.1, 0.15) is 11.1 Å². The van der Waals surface area contributed by atoms with Crippen molar-refractivity contribution in [2.45, 2.75) is 13.1 Å². The molecular weight excluding hydrogens is 220 g/mol. The lowest BCUT2D eigenvalue weighted by Crippen LogP contribution is -2.16. The Morgan fingerprint density at radius 1 is 0.882 bits per heavy atom. The molecule has 3 rings (SSSR count). The Morgan fingerprint density at radius 2 is 1.53 bits per heavy atom. The molecule has 0 saturated heterocycles. The summed E-state index contributed by atoms with van der Waals surface area (Å²) in [6.07, 6.45) is 0. The SMILES string of the molecule is Fc1ccc(F)c(N2Cc3ccccc3C2)c1. The van der Waals surface area contributed by atoms with Crippen molar-refractivity contribution < 1.29 is 8.78 Å². The molecule has 3 heteroatoms. The van der Waals surface area contributed by atoms with Crippen molar-refractivity contribution in [3.05, 3.63) is 65.2 Å². The summed E-state index contributed by atoms with van der Waals surface area (Å²) in [7, 11) is 0. The van der Waals surface area contributed by atoms with E-state index in [0.29, 0.717) is 18.8 Å². The Bertz CT molecular complexity index is 541. The van der Waals surface area contributed by atoms with Crippen molar-refractivity contribution in [2.75, 3.05) is 4.90 Å². The minimum atomic E-state index is -0.405. The van der Waals surface area contributed by atoms with E-state index in [-0.39, 0.29) is 5.82 Å². The van der Waals surface area contributed by atoms with Gasteiger partial charge in [0.2, 0.25) is 0 Å². The molecule has 0 radical (unpaired) electrons. The number of fused-ring (bicyclic) bond motifs is 1. The van der Waals surface area contributed by atoms with Gasteiger partial charge in [-0.15, -0.1) is 0 Å². The molecule has 1 nitrogen and oxygen atoms in total. The van der Waals surface area contributed by atoms with Gasteiger partial charge in [0.15, 0.2) is 0 Å². The molecule has 0 spiro atoms. The smallest absolute Gasteiger partial charge is 0.146 e. The van der Waals surface area contributed by atoms with E-state index in [1.807, 2.05) is 29.2 Å². The van der Waals surface area contributed by atoms with Crippen LogP contribution in [-0.2, 0) is 13.1 Å². The number of halogens is 2. The van der Waals surface area contributed by atoms with Gasteiger partial charge in [-0.25, -0.2) is 8.78 Å². The normalized spacial score (nSPS) is 13.9. The second kappa shape index (κ2) is 3.84. The van der Waals surface area contributed by atoms with E-state index in [1.54, 1.807) is 0 Å². The average molecular weight is 231 g/mol. The molecule has 0 atom stereocenters. The molecule has 0 aromatic heterocycles. The Labute approximate surface area is 98.3 Å². The molecule has 1 aliphatic heterocycles. The number of hydrogen-bond donors (Lipinski definition) is 0. The molecular formula is C14H11F2N. The zero-order valence-corrected chi connectivity index (χ0v) is 9.16. The van der Waals surface area contributed by atoms with Crippen molar-refractivity contribution in [3.8, 4) is 0 Å². The number of benzene rings is 2. The van der Waals surface area contributed by atoms with E-state index in [4.69, 9.17) is 0 Å². The van der Waals surface area contributed by atoms with Crippen LogP contribution in [0.3, 0.4) is 0 Å². The Hall–Kier alpha value is -1.90. The molecule has 1 aliphatic rings. The van der Waals surface area contributed by atoms with Gasteiger partial charge in [-0.3, -0.25) is 0 Å². The summed E-state index contributed by atoms with van der Waals surface area (Å²) < 4.78 is 26.8. The van der Waals surface area contributed by atoms with Crippen LogP contribution in [0.15, 0.2) is 42.5 Å². The fourth-order valence-corrected chi connectivity index (χ4v) is 2.23. The van der Waals surface area contributed by atoms with Gasteiger partial charge in [0.25, 0.3) is 0 Å². The van der Waals surface area contributed by atoms with Crippen LogP contribution >= 0.6 is 0 Å². The predicted octanol–water partition coefficient (Wildman–Crippen LogP) is 3.49. The molecule has 0 aliphatic carbocycles. The first-order valence-corrected chi connectivity index (χ1v) is 5.51. The molecule has 0 amide bonds. The molecule has 0 saturated carbocycles. The van der Waals surface area contributed by atoms with E-state index in [0.717, 1.165) is 6.07 Å². The maximum absolute atomic E-state index is 13.6. The third kappa shape index (κ3) is 1.78. The van der Waals surface area contributed by atoms with Gasteiger partial charge in [0, 0.05) is 19.2 Å². The third-order valence-electron chi connectivity index (χ3n) is 3.09. The largest absolute Gasteiger partial charge is 0.360 e. The van der Waals surface area contributed by atoms with Gasteiger partial charge in [0.05, 0.1) is 5.69 Å². The van der Waals surface area contributed by atoms with Crippen molar-refractivity contribution in [1.29, 1.82) is 0 Å². The lowest BCUT2D eigenvalue weighted by Gasteiger charge is -2.18. The quantitative estimate of drug-likeness (QED) is 0.726. The highest BCUT2D eigenvalue weighted by Gasteiger charge is 2.21. The molecule has 0 bridgehead atoms. The van der Waals surface area contributed by atoms with E-state index >= 15 is 0 Å². The fourth-order valence-electron chi connectivity index (χ4n) is 2.23. The number of hydrogen-bond acceptors (Lipinski definition) is 1. The number of nitrogens with zero attached hydrogens (tertiary/aromatic N) is 1. The van der Waals surface area contributed by atoms with Crippen LogP contribution in [-0.4, -0.2) is 0 Å². The molecule has 0 N–H and O–H groups in total. The van der Waals surface area contributed by atoms with Gasteiger partial charge in [0.1, 0.15) is 11.6 Å². The standard InChI is InChI=1S/C14H11F2N/c15-12-5-6-13(16)14(7-12)17-8-10-3-1-2-4-11(10)9-17/h1-7H,8-9H2. The van der Waals surface area contributed by atoms with Crippen LogP contribution in [0.2, 0.25) is 0 Å². The first-order valence-electron chi connectivity index (χ1n) is 5.51. The molecule has 2 aromatic rings. The lowest BCUT2D eigenvalue weighted by atomic mass is 10.1. The van der Waals surface area contributed by atoms with Crippen LogP contribution < -0.4 is 4.90 Å². The average Bonchev–Trinajstić information content (AvgIpc) is 2.75. The molecule has 1 heterocycles. The summed E-state index contributed by atoms with van der Waals surface area (Å²) in [4.78, 5) is 1.85. The summed E-state index contributed by atoms with van der Waals surface area (Å²) in [5.74, 6) is -0.781. The summed E-state index contributed by atoms with van der Waals surface area (Å²) in [6, 6.07) is 11.5. The summed E-state index contributed by atoms with van der Waals surface area (Å²) in [5.41, 5.74) is 2.69. The van der Waals surface area contributed by atoms with Crippen LogP contribution in [0.25, 0.3) is 0 Å². The first kappa shape index (κ1) is 10.3. The van der Waals surface area contributed by atoms with Crippen molar-refractivity contribution >= 4 is 5.69 Å². The monoisotopic (exact) mass is 231 g/mol. The van der Waals surface area contributed by atoms with E-state index in [1.165, 1.54) is 23.3 Å². The number of rotatable bonds is 1. The maximum atomic E-state index is 13.6. The molecule has 86 valence electrons. The van der Waals surface area contributed by atoms with Crippen LogP contribution in [0, 0.1) is 11.6 Å². The zero-order valence-electron chi connectivity index (χ0n) is 9.16. The Balaban J connectivity index is 1.96. The Morgan fingerprint density at radius 3 is 2.18 bits per heavy atom. The van der Waals surface area contributed by atoms with Crippen molar-refractivity contribution in [3.63, 3.8) is 0 Å². The van der Waals surface area contributed by atoms with Crippen LogP contribution in [0.4, 0.5) is 14.5 Å². The summed E-state index contributed by atoms with van der Waals surface area (Å²) in [5, 5.41) is 0.